The lowest BCUT2D eigenvalue weighted by Crippen LogP contribution is -2.79. The maximum Gasteiger partial charge on any atom is 0.331 e. The lowest BCUT2D eigenvalue weighted by Gasteiger charge is -2.69. The molecule has 0 amide bonds. The van der Waals surface area contributed by atoms with Gasteiger partial charge in [0, 0.05) is 46.7 Å². The summed E-state index contributed by atoms with van der Waals surface area (Å²) in [5, 5.41) is 83.4. The summed E-state index contributed by atoms with van der Waals surface area (Å²) in [6.45, 7) is 12.6. The molecular formula is C57H88O20. The van der Waals surface area contributed by atoms with Gasteiger partial charge in [-0.05, 0) is 115 Å². The zero-order valence-electron chi connectivity index (χ0n) is 46.5. The van der Waals surface area contributed by atoms with Gasteiger partial charge in [-0.3, -0.25) is 0 Å². The van der Waals surface area contributed by atoms with Crippen molar-refractivity contribution >= 4 is 12.0 Å². The van der Waals surface area contributed by atoms with Crippen molar-refractivity contribution in [2.24, 2.45) is 22.7 Å². The minimum atomic E-state index is -1.88. The fourth-order valence-electron chi connectivity index (χ4n) is 15.5. The van der Waals surface area contributed by atoms with Crippen LogP contribution in [0.15, 0.2) is 36.4 Å². The van der Waals surface area contributed by atoms with E-state index in [9.17, 15) is 40.5 Å². The van der Waals surface area contributed by atoms with Gasteiger partial charge in [0.2, 0.25) is 0 Å². The first-order valence-corrected chi connectivity index (χ1v) is 28.1. The molecule has 0 unspecified atom stereocenters. The molecule has 77 heavy (non-hydrogen) atoms. The average Bonchev–Trinajstić information content (AvgIpc) is 3.69. The fourth-order valence-corrected chi connectivity index (χ4v) is 15.5. The summed E-state index contributed by atoms with van der Waals surface area (Å²) in [5.41, 5.74) is -6.62. The van der Waals surface area contributed by atoms with Crippen LogP contribution >= 0.6 is 0 Å². The predicted octanol–water partition coefficient (Wildman–Crippen LogP) is 3.42. The fraction of sp³-hybridized carbons (Fsp3) is 0.842. The topological polar surface area (TPSA) is 269 Å². The molecule has 436 valence electrons. The number of methoxy groups -OCH3 is 3. The van der Waals surface area contributed by atoms with E-state index in [0.29, 0.717) is 32.1 Å². The third-order valence-electron chi connectivity index (χ3n) is 20.2. The molecule has 0 bridgehead atoms. The number of carbonyl (C=O) groups is 1. The van der Waals surface area contributed by atoms with Crippen molar-refractivity contribution in [2.75, 3.05) is 21.3 Å². The molecule has 4 heterocycles. The summed E-state index contributed by atoms with van der Waals surface area (Å²) < 4.78 is 73.7. The number of hydrogen-bond donors (Lipinski definition) is 7. The van der Waals surface area contributed by atoms with E-state index in [-0.39, 0.29) is 50.5 Å². The Morgan fingerprint density at radius 1 is 0.649 bits per heavy atom. The summed E-state index contributed by atoms with van der Waals surface area (Å²) in [5.74, 6) is -1.07. The Hall–Kier alpha value is -2.29. The Balaban J connectivity index is 0.761. The summed E-state index contributed by atoms with van der Waals surface area (Å²) >= 11 is 0. The van der Waals surface area contributed by atoms with Crippen LogP contribution in [0.1, 0.15) is 125 Å². The molecule has 1 aromatic rings. The van der Waals surface area contributed by atoms with Crippen molar-refractivity contribution in [2.45, 2.75) is 259 Å². The number of carbonyl (C=O) groups excluding carboxylic acids is 1. The monoisotopic (exact) mass is 1090 g/mol. The van der Waals surface area contributed by atoms with Crippen LogP contribution in [0.5, 0.6) is 0 Å². The molecule has 7 N–H and O–H groups in total. The van der Waals surface area contributed by atoms with Crippen LogP contribution in [-0.4, -0.2) is 203 Å². The van der Waals surface area contributed by atoms with Crippen LogP contribution in [0.3, 0.4) is 0 Å². The highest BCUT2D eigenvalue weighted by Crippen LogP contribution is 2.72. The minimum absolute atomic E-state index is 0.0210. The van der Waals surface area contributed by atoms with Gasteiger partial charge in [-0.1, -0.05) is 44.2 Å². The number of esters is 1. The maximum atomic E-state index is 13.0. The number of rotatable bonds is 15. The molecular weight excluding hydrogens is 1000 g/mol. The van der Waals surface area contributed by atoms with E-state index in [1.54, 1.807) is 41.1 Å². The second-order valence-electron chi connectivity index (χ2n) is 24.1. The van der Waals surface area contributed by atoms with Crippen LogP contribution in [0.2, 0.25) is 0 Å². The minimum Gasteiger partial charge on any atom is -0.456 e. The number of benzene rings is 1. The van der Waals surface area contributed by atoms with Gasteiger partial charge in [0.25, 0.3) is 0 Å². The van der Waals surface area contributed by atoms with E-state index in [4.69, 9.17) is 56.8 Å². The van der Waals surface area contributed by atoms with E-state index >= 15 is 0 Å². The van der Waals surface area contributed by atoms with Gasteiger partial charge < -0.3 is 92.6 Å². The zero-order chi connectivity index (χ0) is 55.6. The summed E-state index contributed by atoms with van der Waals surface area (Å²) in [4.78, 5) is 13.0. The highest BCUT2D eigenvalue weighted by atomic mass is 16.8. The van der Waals surface area contributed by atoms with Gasteiger partial charge >= 0.3 is 5.97 Å². The largest absolute Gasteiger partial charge is 0.456 e. The van der Waals surface area contributed by atoms with E-state index in [0.717, 1.165) is 5.56 Å². The standard InChI is InChI=1S/C57H88O20/c1-29-46(61)51(68-10)47(62)52(72-29)77-50-32(4)71-45(27-39(50)67-9)76-49-31(3)70-44(26-38(49)66-8)75-48-30(2)69-43(25-37(48)58)74-36-19-20-53(6)35(24-36)18-21-56(64)40(53)28-41(59)54(7)55(63,22-23-57(54,56)65)33(5)73-42(60)17-16-34-14-12-11-13-15-34/h11-17,29-33,35-41,43-52,58-59,61-65H,18-28H2,1-10H3/t29-,30-,31-,32-,33+,35+,36+,37+,38+,39-,40-,41-,43+,44+,45+,46-,47-,48-,49-,50-,51+,52+,53+,54-,55-,56+,57-/m1/s1. The second kappa shape index (κ2) is 23.2. The first kappa shape index (κ1) is 59.3. The number of aliphatic hydroxyl groups is 7. The van der Waals surface area contributed by atoms with Crippen LogP contribution in [0.4, 0.5) is 0 Å². The zero-order valence-corrected chi connectivity index (χ0v) is 46.5. The summed E-state index contributed by atoms with van der Waals surface area (Å²) in [7, 11) is 4.57. The molecule has 20 nitrogen and oxygen atoms in total. The molecule has 9 rings (SSSR count). The molecule has 4 saturated heterocycles. The van der Waals surface area contributed by atoms with Gasteiger partial charge in [-0.2, -0.15) is 0 Å². The van der Waals surface area contributed by atoms with Crippen molar-refractivity contribution in [3.05, 3.63) is 42.0 Å². The number of aliphatic hydroxyl groups excluding tert-OH is 4. The molecule has 27 atom stereocenters. The SMILES string of the molecule is CO[C@@H]1[C@@H](O)[C@H](O[C@@H]2[C@@H](C)O[C@@H](O[C@H]3[C@@H](OC)C[C@H](O[C@H]4[C@@H](O)C[C@H](O[C@H]5CC[C@@]6(C)[C@@H](CC[C@]7(O)[C@@H]6C[C@@H](O)[C@@]6(C)[C@]7(O)CC[C@@]6(O)[C@H](C)OC(=O)C=Cc6ccccc6)C5)O[C@@H]4C)O[C@@H]3C)C[C@H]2OC)O[C@H](C)[C@H]1O. The van der Waals surface area contributed by atoms with Crippen molar-refractivity contribution in [3.63, 3.8) is 0 Å². The van der Waals surface area contributed by atoms with Crippen molar-refractivity contribution in [1.29, 1.82) is 0 Å². The molecule has 8 fully saturated rings. The van der Waals surface area contributed by atoms with Crippen molar-refractivity contribution in [1.82, 2.24) is 0 Å². The third-order valence-corrected chi connectivity index (χ3v) is 20.2. The van der Waals surface area contributed by atoms with E-state index in [1.165, 1.54) is 13.2 Å². The van der Waals surface area contributed by atoms with E-state index in [1.807, 2.05) is 51.1 Å². The van der Waals surface area contributed by atoms with Gasteiger partial charge in [-0.15, -0.1) is 0 Å². The highest BCUT2D eigenvalue weighted by Gasteiger charge is 2.81. The molecule has 1 aromatic carbocycles. The Labute approximate surface area is 452 Å². The second-order valence-corrected chi connectivity index (χ2v) is 24.1. The number of ether oxygens (including phenoxy) is 12. The molecule has 4 saturated carbocycles. The van der Waals surface area contributed by atoms with E-state index in [2.05, 4.69) is 6.92 Å². The average molecular weight is 1090 g/mol. The van der Waals surface area contributed by atoms with Gasteiger partial charge in [0.1, 0.15) is 53.9 Å². The molecule has 4 aliphatic heterocycles. The Morgan fingerprint density at radius 3 is 1.86 bits per heavy atom. The Morgan fingerprint density at radius 2 is 1.25 bits per heavy atom. The number of hydrogen-bond acceptors (Lipinski definition) is 20. The Kier molecular flexibility index (Phi) is 17.8. The van der Waals surface area contributed by atoms with Crippen molar-refractivity contribution in [3.8, 4) is 0 Å². The molecule has 4 aliphatic carbocycles. The first-order valence-electron chi connectivity index (χ1n) is 28.1. The molecule has 0 aromatic heterocycles. The third kappa shape index (κ3) is 10.6. The normalized spacial score (nSPS) is 50.6. The van der Waals surface area contributed by atoms with Crippen LogP contribution in [0, 0.1) is 22.7 Å². The van der Waals surface area contributed by atoms with Crippen molar-refractivity contribution < 1.29 is 97.4 Å². The molecule has 8 aliphatic rings. The lowest BCUT2D eigenvalue weighted by atomic mass is 9.40. The van der Waals surface area contributed by atoms with Gasteiger partial charge in [-0.25, -0.2) is 4.79 Å². The number of fused-ring (bicyclic) bond motifs is 5. The predicted molar refractivity (Wildman–Crippen MR) is 273 cm³/mol. The lowest BCUT2D eigenvalue weighted by molar-refractivity contribution is -0.356. The summed E-state index contributed by atoms with van der Waals surface area (Å²) in [6, 6.07) is 9.29. The van der Waals surface area contributed by atoms with Gasteiger partial charge in [0.05, 0.1) is 66.0 Å². The molecule has 20 heteroatoms. The Bertz CT molecular complexity index is 2160. The maximum absolute atomic E-state index is 13.0. The van der Waals surface area contributed by atoms with E-state index < -0.39 is 156 Å². The highest BCUT2D eigenvalue weighted by molar-refractivity contribution is 5.87. The van der Waals surface area contributed by atoms with Crippen LogP contribution < -0.4 is 0 Å². The summed E-state index contributed by atoms with van der Waals surface area (Å²) in [6.07, 6.45) is -8.47. The van der Waals surface area contributed by atoms with Crippen LogP contribution in [-0.2, 0) is 61.6 Å². The van der Waals surface area contributed by atoms with Crippen LogP contribution in [0.25, 0.3) is 6.08 Å². The van der Waals surface area contributed by atoms with Gasteiger partial charge in [0.15, 0.2) is 25.2 Å². The smallest absolute Gasteiger partial charge is 0.331 e. The molecule has 0 radical (unpaired) electrons. The quantitative estimate of drug-likeness (QED) is 0.0753. The molecule has 0 spiro atoms. The first-order chi connectivity index (χ1) is 36.4.